The normalized spacial score (nSPS) is 24.1. The highest BCUT2D eigenvalue weighted by Crippen LogP contribution is 2.19. The van der Waals surface area contributed by atoms with Gasteiger partial charge in [-0.3, -0.25) is 4.79 Å². The topological polar surface area (TPSA) is 20.3 Å². The summed E-state index contributed by atoms with van der Waals surface area (Å²) in [7, 11) is 1.62. The van der Waals surface area contributed by atoms with Gasteiger partial charge in [0.25, 0.3) is 6.08 Å². The highest BCUT2D eigenvalue weighted by molar-refractivity contribution is 5.78. The number of rotatable bonds is 1. The van der Waals surface area contributed by atoms with Crippen LogP contribution in [0, 0.1) is 5.92 Å². The summed E-state index contributed by atoms with van der Waals surface area (Å²) in [6.45, 7) is 0.413. The van der Waals surface area contributed by atoms with E-state index in [1.807, 2.05) is 0 Å². The highest BCUT2D eigenvalue weighted by atomic mass is 19.3. The zero-order valence-electron chi connectivity index (χ0n) is 6.18. The van der Waals surface area contributed by atoms with E-state index in [1.54, 1.807) is 7.05 Å². The molecule has 11 heavy (non-hydrogen) atoms. The van der Waals surface area contributed by atoms with E-state index in [0.29, 0.717) is 6.54 Å². The molecule has 0 saturated carbocycles. The molecule has 0 radical (unpaired) electrons. The second kappa shape index (κ2) is 2.98. The molecule has 1 unspecified atom stereocenters. The molecule has 1 aliphatic rings. The van der Waals surface area contributed by atoms with E-state index in [2.05, 4.69) is 0 Å². The van der Waals surface area contributed by atoms with Gasteiger partial charge < -0.3 is 4.90 Å². The third-order valence-corrected chi connectivity index (χ3v) is 1.73. The number of carbonyl (C=O) groups excluding carboxylic acids is 1. The van der Waals surface area contributed by atoms with Crippen molar-refractivity contribution in [1.29, 1.82) is 0 Å². The molecule has 1 fully saturated rings. The second-order valence-corrected chi connectivity index (χ2v) is 2.69. The van der Waals surface area contributed by atoms with Gasteiger partial charge in [-0.25, -0.2) is 0 Å². The Hall–Kier alpha value is -0.930. The molecule has 2 nitrogen and oxygen atoms in total. The largest absolute Gasteiger partial charge is 0.345 e. The Morgan fingerprint density at radius 2 is 2.36 bits per heavy atom. The minimum absolute atomic E-state index is 0.0625. The number of halogens is 2. The molecule has 0 bridgehead atoms. The van der Waals surface area contributed by atoms with E-state index in [-0.39, 0.29) is 18.2 Å². The van der Waals surface area contributed by atoms with E-state index >= 15 is 0 Å². The van der Waals surface area contributed by atoms with Crippen molar-refractivity contribution in [2.75, 3.05) is 13.6 Å². The summed E-state index contributed by atoms with van der Waals surface area (Å²) in [5, 5.41) is 0. The zero-order chi connectivity index (χ0) is 8.43. The van der Waals surface area contributed by atoms with Gasteiger partial charge in [0.05, 0.1) is 0 Å². The van der Waals surface area contributed by atoms with Crippen molar-refractivity contribution in [2.45, 2.75) is 6.42 Å². The minimum atomic E-state index is -1.70. The van der Waals surface area contributed by atoms with Crippen LogP contribution in [0.3, 0.4) is 0 Å². The summed E-state index contributed by atoms with van der Waals surface area (Å²) in [6.07, 6.45) is -0.631. The fraction of sp³-hybridized carbons (Fsp3) is 0.571. The Morgan fingerprint density at radius 3 is 2.73 bits per heavy atom. The van der Waals surface area contributed by atoms with Crippen molar-refractivity contribution in [3.05, 3.63) is 12.2 Å². The van der Waals surface area contributed by atoms with Crippen LogP contribution in [0.2, 0.25) is 0 Å². The van der Waals surface area contributed by atoms with Crippen LogP contribution in [-0.2, 0) is 4.79 Å². The Bertz CT molecular complexity index is 199. The standard InChI is InChI=1S/C7H9F2NO/c1-10-4-5(2-6(8)9)3-7(10)11/h2,5H,3-4H2,1H3. The predicted molar refractivity (Wildman–Crippen MR) is 36.0 cm³/mol. The van der Waals surface area contributed by atoms with Gasteiger partial charge >= 0.3 is 0 Å². The number of hydrogen-bond donors (Lipinski definition) is 0. The fourth-order valence-corrected chi connectivity index (χ4v) is 1.19. The van der Waals surface area contributed by atoms with E-state index in [1.165, 1.54) is 4.90 Å². The Balaban J connectivity index is 2.54. The Morgan fingerprint density at radius 1 is 1.73 bits per heavy atom. The monoisotopic (exact) mass is 161 g/mol. The first-order valence-electron chi connectivity index (χ1n) is 3.36. The summed E-state index contributed by atoms with van der Waals surface area (Å²) in [5.74, 6) is -0.356. The third kappa shape index (κ3) is 2.00. The van der Waals surface area contributed by atoms with Crippen LogP contribution in [0.25, 0.3) is 0 Å². The molecule has 62 valence electrons. The number of hydrogen-bond acceptors (Lipinski definition) is 1. The van der Waals surface area contributed by atoms with Crippen LogP contribution >= 0.6 is 0 Å². The lowest BCUT2D eigenvalue weighted by Gasteiger charge is -2.05. The van der Waals surface area contributed by atoms with Gasteiger partial charge in [0.15, 0.2) is 0 Å². The van der Waals surface area contributed by atoms with Gasteiger partial charge in [-0.15, -0.1) is 0 Å². The summed E-state index contributed by atoms with van der Waals surface area (Å²) in [5.41, 5.74) is 0. The maximum atomic E-state index is 11.7. The number of carbonyl (C=O) groups is 1. The van der Waals surface area contributed by atoms with E-state index in [9.17, 15) is 13.6 Å². The van der Waals surface area contributed by atoms with Gasteiger partial charge in [-0.1, -0.05) is 0 Å². The van der Waals surface area contributed by atoms with Crippen LogP contribution in [-0.4, -0.2) is 24.4 Å². The molecule has 4 heteroatoms. The van der Waals surface area contributed by atoms with E-state index in [0.717, 1.165) is 6.08 Å². The first-order chi connectivity index (χ1) is 5.09. The molecular weight excluding hydrogens is 152 g/mol. The highest BCUT2D eigenvalue weighted by Gasteiger charge is 2.25. The SMILES string of the molecule is CN1CC(C=C(F)F)CC1=O. The molecule has 1 amide bonds. The summed E-state index contributed by atoms with van der Waals surface area (Å²) >= 11 is 0. The average molecular weight is 161 g/mol. The molecule has 1 heterocycles. The summed E-state index contributed by atoms with van der Waals surface area (Å²) in [4.78, 5) is 12.3. The molecule has 0 spiro atoms. The molecule has 1 saturated heterocycles. The zero-order valence-corrected chi connectivity index (χ0v) is 6.18. The van der Waals surface area contributed by atoms with Crippen LogP contribution in [0.4, 0.5) is 8.78 Å². The third-order valence-electron chi connectivity index (χ3n) is 1.73. The lowest BCUT2D eigenvalue weighted by atomic mass is 10.1. The number of nitrogens with zero attached hydrogens (tertiary/aromatic N) is 1. The van der Waals surface area contributed by atoms with Crippen molar-refractivity contribution >= 4 is 5.91 Å². The van der Waals surface area contributed by atoms with Gasteiger partial charge in [0.1, 0.15) is 0 Å². The van der Waals surface area contributed by atoms with Crippen LogP contribution in [0.1, 0.15) is 6.42 Å². The summed E-state index contributed by atoms with van der Waals surface area (Å²) in [6, 6.07) is 0. The minimum Gasteiger partial charge on any atom is -0.345 e. The van der Waals surface area contributed by atoms with Gasteiger partial charge in [0.2, 0.25) is 5.91 Å². The molecule has 0 aromatic rings. The van der Waals surface area contributed by atoms with Crippen molar-refractivity contribution < 1.29 is 13.6 Å². The van der Waals surface area contributed by atoms with Gasteiger partial charge in [0, 0.05) is 25.9 Å². The molecule has 1 aliphatic heterocycles. The van der Waals surface area contributed by atoms with Gasteiger partial charge in [-0.2, -0.15) is 8.78 Å². The first-order valence-corrected chi connectivity index (χ1v) is 3.36. The van der Waals surface area contributed by atoms with E-state index < -0.39 is 6.08 Å². The summed E-state index contributed by atoms with van der Waals surface area (Å²) < 4.78 is 23.3. The van der Waals surface area contributed by atoms with Crippen LogP contribution in [0.5, 0.6) is 0 Å². The molecule has 0 aromatic heterocycles. The lowest BCUT2D eigenvalue weighted by Crippen LogP contribution is -2.18. The quantitative estimate of drug-likeness (QED) is 0.566. The van der Waals surface area contributed by atoms with Crippen molar-refractivity contribution in [3.8, 4) is 0 Å². The number of likely N-dealkylation sites (tertiary alicyclic amines) is 1. The maximum absolute atomic E-state index is 11.7. The van der Waals surface area contributed by atoms with Crippen LogP contribution < -0.4 is 0 Å². The van der Waals surface area contributed by atoms with Crippen molar-refractivity contribution in [3.63, 3.8) is 0 Å². The maximum Gasteiger partial charge on any atom is 0.266 e. The second-order valence-electron chi connectivity index (χ2n) is 2.69. The number of amides is 1. The van der Waals surface area contributed by atoms with E-state index in [4.69, 9.17) is 0 Å². The van der Waals surface area contributed by atoms with Crippen molar-refractivity contribution in [2.24, 2.45) is 5.92 Å². The predicted octanol–water partition coefficient (Wildman–Crippen LogP) is 1.25. The molecule has 0 aliphatic carbocycles. The lowest BCUT2D eigenvalue weighted by molar-refractivity contribution is -0.126. The average Bonchev–Trinajstić information content (AvgIpc) is 2.10. The molecule has 1 rings (SSSR count). The van der Waals surface area contributed by atoms with Crippen molar-refractivity contribution in [1.82, 2.24) is 4.90 Å². The smallest absolute Gasteiger partial charge is 0.266 e. The van der Waals surface area contributed by atoms with Crippen LogP contribution in [0.15, 0.2) is 12.2 Å². The molecule has 0 aromatic carbocycles. The Kier molecular flexibility index (Phi) is 2.22. The fourth-order valence-electron chi connectivity index (χ4n) is 1.19. The molecule has 0 N–H and O–H groups in total. The first kappa shape index (κ1) is 8.17. The van der Waals surface area contributed by atoms with Gasteiger partial charge in [-0.05, 0) is 6.08 Å². The Labute approximate surface area is 63.5 Å². The molecular formula is C7H9F2NO. The molecule has 1 atom stereocenters.